The van der Waals surface area contributed by atoms with Crippen LogP contribution in [-0.2, 0) is 0 Å². The van der Waals surface area contributed by atoms with Gasteiger partial charge in [-0.25, -0.2) is 4.98 Å². The minimum Gasteiger partial charge on any atom is -0.441 e. The van der Waals surface area contributed by atoms with E-state index in [0.717, 1.165) is 10.9 Å². The molecule has 2 heterocycles. The van der Waals surface area contributed by atoms with Gasteiger partial charge in [0, 0.05) is 17.1 Å². The highest BCUT2D eigenvalue weighted by atomic mass is 35.5. The molecule has 0 spiro atoms. The Morgan fingerprint density at radius 1 is 1.58 bits per heavy atom. The van der Waals surface area contributed by atoms with Gasteiger partial charge in [0.1, 0.15) is 0 Å². The first-order chi connectivity index (χ1) is 5.70. The first-order valence-electron chi connectivity index (χ1n) is 3.49. The molecule has 0 saturated heterocycles. The summed E-state index contributed by atoms with van der Waals surface area (Å²) in [6.07, 6.45) is 1.64. The van der Waals surface area contributed by atoms with Crippen LogP contribution < -0.4 is 5.73 Å². The zero-order valence-corrected chi connectivity index (χ0v) is 7.22. The fourth-order valence-corrected chi connectivity index (χ4v) is 1.32. The van der Waals surface area contributed by atoms with Crippen molar-refractivity contribution in [1.82, 2.24) is 4.98 Å². The number of aryl methyl sites for hydroxylation is 1. The van der Waals surface area contributed by atoms with Crippen molar-refractivity contribution in [3.05, 3.63) is 23.0 Å². The van der Waals surface area contributed by atoms with Gasteiger partial charge in [-0.3, -0.25) is 0 Å². The van der Waals surface area contributed by atoms with Crippen LogP contribution in [0.2, 0.25) is 5.22 Å². The van der Waals surface area contributed by atoms with Gasteiger partial charge >= 0.3 is 0 Å². The van der Waals surface area contributed by atoms with Crippen LogP contribution >= 0.6 is 11.6 Å². The summed E-state index contributed by atoms with van der Waals surface area (Å²) < 4.78 is 5.21. The number of hydrogen-bond acceptors (Lipinski definition) is 3. The summed E-state index contributed by atoms with van der Waals surface area (Å²) in [4.78, 5) is 3.89. The molecule has 4 heteroatoms. The van der Waals surface area contributed by atoms with Crippen molar-refractivity contribution in [2.24, 2.45) is 0 Å². The molecule has 12 heavy (non-hydrogen) atoms. The van der Waals surface area contributed by atoms with Gasteiger partial charge in [-0.1, -0.05) is 0 Å². The molecule has 0 aliphatic heterocycles. The highest BCUT2D eigenvalue weighted by Crippen LogP contribution is 2.30. The van der Waals surface area contributed by atoms with Crippen LogP contribution in [0.5, 0.6) is 0 Å². The molecular formula is C8H7ClN2O. The van der Waals surface area contributed by atoms with Crippen molar-refractivity contribution in [3.63, 3.8) is 0 Å². The Balaban J connectivity index is 2.95. The second-order valence-corrected chi connectivity index (χ2v) is 2.92. The van der Waals surface area contributed by atoms with Gasteiger partial charge in [0.2, 0.25) is 0 Å². The van der Waals surface area contributed by atoms with Crippen molar-refractivity contribution in [2.45, 2.75) is 6.92 Å². The highest BCUT2D eigenvalue weighted by molar-refractivity contribution is 6.30. The number of furan rings is 1. The second-order valence-electron chi connectivity index (χ2n) is 2.57. The number of fused-ring (bicyclic) bond motifs is 1. The molecule has 0 saturated carbocycles. The van der Waals surface area contributed by atoms with E-state index in [1.807, 2.05) is 13.0 Å². The Morgan fingerprint density at radius 3 is 3.00 bits per heavy atom. The predicted octanol–water partition coefficient (Wildman–Crippen LogP) is 2.37. The third-order valence-electron chi connectivity index (χ3n) is 1.82. The monoisotopic (exact) mass is 182 g/mol. The summed E-state index contributed by atoms with van der Waals surface area (Å²) in [5.74, 6) is 0.377. The molecule has 3 nitrogen and oxygen atoms in total. The number of pyridine rings is 1. The van der Waals surface area contributed by atoms with Crippen molar-refractivity contribution in [2.75, 3.05) is 5.73 Å². The molecule has 0 aliphatic carbocycles. The van der Waals surface area contributed by atoms with Gasteiger partial charge in [0.05, 0.1) is 0 Å². The molecule has 0 unspecified atom stereocenters. The minimum atomic E-state index is 0.377. The Hall–Kier alpha value is -1.22. The van der Waals surface area contributed by atoms with Crippen molar-refractivity contribution < 1.29 is 4.42 Å². The van der Waals surface area contributed by atoms with Crippen LogP contribution in [0.15, 0.2) is 16.7 Å². The van der Waals surface area contributed by atoms with Gasteiger partial charge < -0.3 is 10.2 Å². The number of nitrogen functional groups attached to an aromatic ring is 1. The van der Waals surface area contributed by atoms with Crippen molar-refractivity contribution in [3.8, 4) is 0 Å². The topological polar surface area (TPSA) is 52.0 Å². The SMILES string of the molecule is Cc1c(Cl)oc2c(N)nccc12. The maximum atomic E-state index is 5.77. The van der Waals surface area contributed by atoms with Crippen molar-refractivity contribution in [1.29, 1.82) is 0 Å². The summed E-state index contributed by atoms with van der Waals surface area (Å²) in [7, 11) is 0. The van der Waals surface area contributed by atoms with E-state index < -0.39 is 0 Å². The summed E-state index contributed by atoms with van der Waals surface area (Å²) in [6, 6.07) is 1.83. The van der Waals surface area contributed by atoms with E-state index >= 15 is 0 Å². The first-order valence-corrected chi connectivity index (χ1v) is 3.87. The molecular weight excluding hydrogens is 176 g/mol. The number of nitrogens with zero attached hydrogens (tertiary/aromatic N) is 1. The average molecular weight is 183 g/mol. The summed E-state index contributed by atoms with van der Waals surface area (Å²) in [6.45, 7) is 1.88. The van der Waals surface area contributed by atoms with Crippen LogP contribution in [0.25, 0.3) is 11.0 Å². The fourth-order valence-electron chi connectivity index (χ4n) is 1.14. The predicted molar refractivity (Wildman–Crippen MR) is 48.2 cm³/mol. The third kappa shape index (κ3) is 0.865. The molecule has 0 radical (unpaired) electrons. The lowest BCUT2D eigenvalue weighted by Gasteiger charge is -1.91. The summed E-state index contributed by atoms with van der Waals surface area (Å²) in [5, 5.41) is 1.30. The smallest absolute Gasteiger partial charge is 0.197 e. The normalized spacial score (nSPS) is 10.8. The maximum absolute atomic E-state index is 5.77. The van der Waals surface area contributed by atoms with E-state index in [9.17, 15) is 0 Å². The number of rotatable bonds is 0. The van der Waals surface area contributed by atoms with E-state index in [0.29, 0.717) is 16.6 Å². The lowest BCUT2D eigenvalue weighted by Crippen LogP contribution is -1.88. The Kier molecular flexibility index (Phi) is 1.48. The summed E-state index contributed by atoms with van der Waals surface area (Å²) in [5.41, 5.74) is 7.05. The number of halogens is 1. The van der Waals surface area contributed by atoms with Gasteiger partial charge in [-0.05, 0) is 24.6 Å². The number of anilines is 1. The Bertz CT molecular complexity index is 436. The first kappa shape index (κ1) is 7.43. The molecule has 0 bridgehead atoms. The lowest BCUT2D eigenvalue weighted by molar-refractivity contribution is 0.615. The summed E-state index contributed by atoms with van der Waals surface area (Å²) >= 11 is 5.77. The molecule has 2 rings (SSSR count). The van der Waals surface area contributed by atoms with E-state index in [4.69, 9.17) is 21.8 Å². The number of hydrogen-bond donors (Lipinski definition) is 1. The molecule has 0 aromatic carbocycles. The number of nitrogens with two attached hydrogens (primary N) is 1. The molecule has 2 aromatic rings. The number of aromatic nitrogens is 1. The molecule has 0 aliphatic rings. The van der Waals surface area contributed by atoms with Crippen LogP contribution in [0, 0.1) is 6.92 Å². The van der Waals surface area contributed by atoms with E-state index in [1.165, 1.54) is 0 Å². The Morgan fingerprint density at radius 2 is 2.33 bits per heavy atom. The molecule has 62 valence electrons. The third-order valence-corrected chi connectivity index (χ3v) is 2.18. The van der Waals surface area contributed by atoms with E-state index in [2.05, 4.69) is 4.98 Å². The van der Waals surface area contributed by atoms with Crippen molar-refractivity contribution >= 4 is 28.4 Å². The van der Waals surface area contributed by atoms with Crippen LogP contribution in [-0.4, -0.2) is 4.98 Å². The van der Waals surface area contributed by atoms with Gasteiger partial charge in [-0.2, -0.15) is 0 Å². The molecule has 2 N–H and O–H groups in total. The van der Waals surface area contributed by atoms with E-state index in [1.54, 1.807) is 6.20 Å². The van der Waals surface area contributed by atoms with Gasteiger partial charge in [0.25, 0.3) is 0 Å². The average Bonchev–Trinajstić information content (AvgIpc) is 2.32. The molecule has 0 fully saturated rings. The van der Waals surface area contributed by atoms with E-state index in [-0.39, 0.29) is 0 Å². The zero-order chi connectivity index (χ0) is 8.72. The largest absolute Gasteiger partial charge is 0.441 e. The second kappa shape index (κ2) is 2.38. The van der Waals surface area contributed by atoms with Gasteiger partial charge in [-0.15, -0.1) is 0 Å². The fraction of sp³-hybridized carbons (Fsp3) is 0.125. The standard InChI is InChI=1S/C8H7ClN2O/c1-4-5-2-3-11-8(10)6(5)12-7(4)9/h2-3H,1H3,(H2,10,11). The molecule has 0 amide bonds. The molecule has 0 atom stereocenters. The van der Waals surface area contributed by atoms with Crippen LogP contribution in [0.1, 0.15) is 5.56 Å². The quantitative estimate of drug-likeness (QED) is 0.681. The Labute approximate surface area is 74.1 Å². The van der Waals surface area contributed by atoms with Gasteiger partial charge in [0.15, 0.2) is 16.6 Å². The molecule has 2 aromatic heterocycles. The van der Waals surface area contributed by atoms with Crippen LogP contribution in [0.4, 0.5) is 5.82 Å². The lowest BCUT2D eigenvalue weighted by atomic mass is 10.2. The maximum Gasteiger partial charge on any atom is 0.197 e. The highest BCUT2D eigenvalue weighted by Gasteiger charge is 2.10. The zero-order valence-electron chi connectivity index (χ0n) is 6.47. The minimum absolute atomic E-state index is 0.377. The van der Waals surface area contributed by atoms with Crippen LogP contribution in [0.3, 0.4) is 0 Å².